The highest BCUT2D eigenvalue weighted by Gasteiger charge is 2.09. The second kappa shape index (κ2) is 7.31. The monoisotopic (exact) mass is 306 g/mol. The summed E-state index contributed by atoms with van der Waals surface area (Å²) in [6.07, 6.45) is 1.78. The van der Waals surface area contributed by atoms with Crippen molar-refractivity contribution in [2.45, 2.75) is 23.1 Å². The zero-order chi connectivity index (χ0) is 14.4. The van der Waals surface area contributed by atoms with E-state index in [4.69, 9.17) is 11.6 Å². The molecule has 1 amide bonds. The lowest BCUT2D eigenvalue weighted by Gasteiger charge is -2.08. The van der Waals surface area contributed by atoms with Crippen LogP contribution in [-0.4, -0.2) is 16.3 Å². The predicted octanol–water partition coefficient (Wildman–Crippen LogP) is 3.94. The van der Waals surface area contributed by atoms with Gasteiger partial charge < -0.3 is 5.32 Å². The Morgan fingerprint density at radius 2 is 2.20 bits per heavy atom. The highest BCUT2D eigenvalue weighted by atomic mass is 35.5. The molecule has 0 aliphatic heterocycles. The second-order valence-corrected chi connectivity index (χ2v) is 5.91. The maximum atomic E-state index is 11.5. The normalized spacial score (nSPS) is 11.9. The van der Waals surface area contributed by atoms with Crippen LogP contribution >= 0.6 is 23.4 Å². The summed E-state index contributed by atoms with van der Waals surface area (Å²) in [6, 6.07) is 13.6. The molecule has 0 saturated heterocycles. The number of thioether (sulfide) groups is 1. The number of hydrogen-bond donors (Lipinski definition) is 1. The van der Waals surface area contributed by atoms with Gasteiger partial charge >= 0.3 is 0 Å². The summed E-state index contributed by atoms with van der Waals surface area (Å²) in [6.45, 7) is 1.65. The minimum absolute atomic E-state index is 0.193. The summed E-state index contributed by atoms with van der Waals surface area (Å²) in [5, 5.41) is 3.23. The van der Waals surface area contributed by atoms with Gasteiger partial charge in [0.05, 0.1) is 5.03 Å². The van der Waals surface area contributed by atoms with Crippen molar-refractivity contribution < 1.29 is 4.79 Å². The van der Waals surface area contributed by atoms with E-state index in [2.05, 4.69) is 10.3 Å². The van der Waals surface area contributed by atoms with Gasteiger partial charge in [0.25, 0.3) is 0 Å². The molecule has 0 aliphatic rings. The average Bonchev–Trinajstić information content (AvgIpc) is 2.46. The number of rotatable bonds is 5. The summed E-state index contributed by atoms with van der Waals surface area (Å²) in [4.78, 5) is 15.8. The Labute approximate surface area is 127 Å². The Hall–Kier alpha value is -1.52. The van der Waals surface area contributed by atoms with Crippen LogP contribution in [0.15, 0.2) is 53.7 Å². The molecule has 1 heterocycles. The first kappa shape index (κ1) is 14.9. The Morgan fingerprint density at radius 3 is 2.90 bits per heavy atom. The zero-order valence-corrected chi connectivity index (χ0v) is 12.6. The van der Waals surface area contributed by atoms with E-state index >= 15 is 0 Å². The van der Waals surface area contributed by atoms with Gasteiger partial charge in [0.15, 0.2) is 0 Å². The van der Waals surface area contributed by atoms with E-state index in [0.29, 0.717) is 0 Å². The number of anilines is 1. The number of pyridine rings is 1. The molecule has 1 aromatic carbocycles. The minimum Gasteiger partial charge on any atom is -0.325 e. The molecule has 104 valence electrons. The van der Waals surface area contributed by atoms with Gasteiger partial charge in [-0.1, -0.05) is 18.2 Å². The number of alkyl halides is 1. The molecule has 2 aromatic rings. The van der Waals surface area contributed by atoms with Gasteiger partial charge in [-0.3, -0.25) is 4.79 Å². The lowest BCUT2D eigenvalue weighted by molar-refractivity contribution is -0.115. The van der Waals surface area contributed by atoms with Crippen LogP contribution in [-0.2, 0) is 10.5 Å². The van der Waals surface area contributed by atoms with Crippen molar-refractivity contribution in [2.75, 3.05) is 5.32 Å². The van der Waals surface area contributed by atoms with E-state index < -0.39 is 5.38 Å². The van der Waals surface area contributed by atoms with Crippen LogP contribution < -0.4 is 5.32 Å². The second-order valence-electron chi connectivity index (χ2n) is 4.26. The van der Waals surface area contributed by atoms with Crippen molar-refractivity contribution in [1.82, 2.24) is 4.98 Å². The highest BCUT2D eigenvalue weighted by Crippen LogP contribution is 2.22. The van der Waals surface area contributed by atoms with E-state index in [9.17, 15) is 4.79 Å². The fraction of sp³-hybridized carbons (Fsp3) is 0.200. The van der Waals surface area contributed by atoms with Crippen LogP contribution in [0, 0.1) is 0 Å². The van der Waals surface area contributed by atoms with Crippen LogP contribution in [0.5, 0.6) is 0 Å². The Balaban J connectivity index is 1.97. The third kappa shape index (κ3) is 4.54. The zero-order valence-electron chi connectivity index (χ0n) is 11.0. The average molecular weight is 307 g/mol. The quantitative estimate of drug-likeness (QED) is 0.672. The van der Waals surface area contributed by atoms with Crippen molar-refractivity contribution >= 4 is 35.0 Å². The summed E-state index contributed by atoms with van der Waals surface area (Å²) >= 11 is 7.39. The lowest BCUT2D eigenvalue weighted by atomic mass is 10.2. The molecule has 2 rings (SSSR count). The van der Waals surface area contributed by atoms with Gasteiger partial charge in [-0.2, -0.15) is 0 Å². The van der Waals surface area contributed by atoms with Crippen molar-refractivity contribution in [1.29, 1.82) is 0 Å². The molecule has 1 aromatic heterocycles. The molecule has 1 atom stereocenters. The maximum Gasteiger partial charge on any atom is 0.242 e. The summed E-state index contributed by atoms with van der Waals surface area (Å²) in [7, 11) is 0. The van der Waals surface area contributed by atoms with E-state index in [1.807, 2.05) is 42.5 Å². The number of benzene rings is 1. The lowest BCUT2D eigenvalue weighted by Crippen LogP contribution is -2.20. The SMILES string of the molecule is C[C@@H](Cl)C(=O)Nc1cccc(CSc2ccccn2)c1. The van der Waals surface area contributed by atoms with E-state index in [0.717, 1.165) is 22.0 Å². The fourth-order valence-corrected chi connectivity index (χ4v) is 2.43. The first-order valence-electron chi connectivity index (χ1n) is 6.23. The molecular formula is C15H15ClN2OS. The fourth-order valence-electron chi connectivity index (χ4n) is 1.57. The summed E-state index contributed by atoms with van der Waals surface area (Å²) < 4.78 is 0. The number of carbonyl (C=O) groups is 1. The van der Waals surface area contributed by atoms with Gasteiger partial charge in [-0.15, -0.1) is 23.4 Å². The Morgan fingerprint density at radius 1 is 1.35 bits per heavy atom. The molecule has 20 heavy (non-hydrogen) atoms. The van der Waals surface area contributed by atoms with Crippen LogP contribution in [0.1, 0.15) is 12.5 Å². The van der Waals surface area contributed by atoms with Crippen LogP contribution in [0.2, 0.25) is 0 Å². The molecule has 0 saturated carbocycles. The molecule has 0 fully saturated rings. The first-order valence-corrected chi connectivity index (χ1v) is 7.65. The number of nitrogens with one attached hydrogen (secondary N) is 1. The molecule has 0 aliphatic carbocycles. The smallest absolute Gasteiger partial charge is 0.242 e. The van der Waals surface area contributed by atoms with Gasteiger partial charge in [-0.05, 0) is 36.8 Å². The highest BCUT2D eigenvalue weighted by molar-refractivity contribution is 7.98. The van der Waals surface area contributed by atoms with Crippen LogP contribution in [0.25, 0.3) is 0 Å². The number of amides is 1. The van der Waals surface area contributed by atoms with Gasteiger partial charge in [0, 0.05) is 17.6 Å². The molecular weight excluding hydrogens is 292 g/mol. The Kier molecular flexibility index (Phi) is 5.44. The minimum atomic E-state index is -0.540. The molecule has 1 N–H and O–H groups in total. The number of carbonyl (C=O) groups excluding carboxylic acids is 1. The number of halogens is 1. The third-order valence-electron chi connectivity index (χ3n) is 2.58. The summed E-state index contributed by atoms with van der Waals surface area (Å²) in [5.41, 5.74) is 1.89. The molecule has 0 radical (unpaired) electrons. The largest absolute Gasteiger partial charge is 0.325 e. The molecule has 0 bridgehead atoms. The number of nitrogens with zero attached hydrogens (tertiary/aromatic N) is 1. The van der Waals surface area contributed by atoms with E-state index in [1.54, 1.807) is 24.9 Å². The first-order chi connectivity index (χ1) is 9.65. The molecule has 0 spiro atoms. The Bertz CT molecular complexity index is 575. The van der Waals surface area contributed by atoms with Crippen molar-refractivity contribution in [3.63, 3.8) is 0 Å². The third-order valence-corrected chi connectivity index (χ3v) is 3.79. The topological polar surface area (TPSA) is 42.0 Å². The van der Waals surface area contributed by atoms with Crippen molar-refractivity contribution in [3.8, 4) is 0 Å². The maximum absolute atomic E-state index is 11.5. The standard InChI is InChI=1S/C15H15ClN2OS/c1-11(16)15(19)18-13-6-4-5-12(9-13)10-20-14-7-2-3-8-17-14/h2-9,11H,10H2,1H3,(H,18,19)/t11-/m1/s1. The van der Waals surface area contributed by atoms with Crippen molar-refractivity contribution in [3.05, 3.63) is 54.2 Å². The number of hydrogen-bond acceptors (Lipinski definition) is 3. The van der Waals surface area contributed by atoms with Crippen molar-refractivity contribution in [2.24, 2.45) is 0 Å². The van der Waals surface area contributed by atoms with E-state index in [1.165, 1.54) is 0 Å². The van der Waals surface area contributed by atoms with Crippen LogP contribution in [0.4, 0.5) is 5.69 Å². The predicted molar refractivity (Wildman–Crippen MR) is 84.2 cm³/mol. The number of aromatic nitrogens is 1. The molecule has 3 nitrogen and oxygen atoms in total. The van der Waals surface area contributed by atoms with Gasteiger partial charge in [-0.25, -0.2) is 4.98 Å². The molecule has 5 heteroatoms. The van der Waals surface area contributed by atoms with Crippen LogP contribution in [0.3, 0.4) is 0 Å². The van der Waals surface area contributed by atoms with Gasteiger partial charge in [0.2, 0.25) is 5.91 Å². The summed E-state index contributed by atoms with van der Waals surface area (Å²) in [5.74, 6) is 0.609. The van der Waals surface area contributed by atoms with E-state index in [-0.39, 0.29) is 5.91 Å². The molecule has 0 unspecified atom stereocenters. The van der Waals surface area contributed by atoms with Gasteiger partial charge in [0.1, 0.15) is 5.38 Å².